The summed E-state index contributed by atoms with van der Waals surface area (Å²) in [6.45, 7) is 0. The topological polar surface area (TPSA) is 93.5 Å². The Labute approximate surface area is 103 Å². The molecule has 1 saturated heterocycles. The highest BCUT2D eigenvalue weighted by atomic mass is 16.6. The normalized spacial score (nSPS) is 18.3. The summed E-state index contributed by atoms with van der Waals surface area (Å²) in [5.74, 6) is 0.374. The number of hydrogen-bond acceptors (Lipinski definition) is 5. The van der Waals surface area contributed by atoms with Gasteiger partial charge in [0.05, 0.1) is 30.0 Å². The lowest BCUT2D eigenvalue weighted by Gasteiger charge is -2.16. The van der Waals surface area contributed by atoms with Crippen LogP contribution in [0.3, 0.4) is 0 Å². The van der Waals surface area contributed by atoms with Crippen molar-refractivity contribution < 1.29 is 14.5 Å². The number of ether oxygens (including phenoxy) is 1. The monoisotopic (exact) mass is 251 g/mol. The van der Waals surface area contributed by atoms with E-state index in [1.807, 2.05) is 0 Å². The number of carbonyl (C=O) groups excluding carboxylic acids is 1. The predicted octanol–water partition coefficient (Wildman–Crippen LogP) is 1.25. The first kappa shape index (κ1) is 12.2. The summed E-state index contributed by atoms with van der Waals surface area (Å²) in [6, 6.07) is 4.31. The van der Waals surface area contributed by atoms with E-state index in [4.69, 9.17) is 4.74 Å². The molecule has 1 heterocycles. The second kappa shape index (κ2) is 4.91. The number of anilines is 1. The van der Waals surface area contributed by atoms with Crippen LogP contribution in [0.25, 0.3) is 0 Å². The molecule has 0 aliphatic carbocycles. The summed E-state index contributed by atoms with van der Waals surface area (Å²) in [4.78, 5) is 21.2. The summed E-state index contributed by atoms with van der Waals surface area (Å²) in [5.41, 5.74) is 0.586. The van der Waals surface area contributed by atoms with Crippen molar-refractivity contribution in [3.05, 3.63) is 28.3 Å². The van der Waals surface area contributed by atoms with Crippen LogP contribution < -0.4 is 15.4 Å². The third kappa shape index (κ3) is 2.50. The predicted molar refractivity (Wildman–Crippen MR) is 64.4 cm³/mol. The molecule has 1 aromatic carbocycles. The molecule has 1 aliphatic rings. The molecule has 0 spiro atoms. The van der Waals surface area contributed by atoms with Gasteiger partial charge in [-0.3, -0.25) is 14.9 Å². The molecule has 1 amide bonds. The van der Waals surface area contributed by atoms with Gasteiger partial charge in [-0.2, -0.15) is 0 Å². The minimum Gasteiger partial charge on any atom is -0.494 e. The van der Waals surface area contributed by atoms with E-state index in [0.29, 0.717) is 24.3 Å². The number of nitrogens with one attached hydrogen (secondary N) is 2. The third-order valence-corrected chi connectivity index (χ3v) is 2.72. The van der Waals surface area contributed by atoms with Crippen LogP contribution in [-0.2, 0) is 4.79 Å². The Hall–Kier alpha value is -2.31. The van der Waals surface area contributed by atoms with Crippen molar-refractivity contribution in [1.82, 2.24) is 5.32 Å². The summed E-state index contributed by atoms with van der Waals surface area (Å²) >= 11 is 0. The molecule has 0 radical (unpaired) electrons. The largest absolute Gasteiger partial charge is 0.494 e. The van der Waals surface area contributed by atoms with Crippen molar-refractivity contribution >= 4 is 17.3 Å². The van der Waals surface area contributed by atoms with Gasteiger partial charge in [0, 0.05) is 12.5 Å². The van der Waals surface area contributed by atoms with Crippen LogP contribution in [0.15, 0.2) is 18.2 Å². The van der Waals surface area contributed by atoms with E-state index in [-0.39, 0.29) is 17.8 Å². The average molecular weight is 251 g/mol. The second-order valence-corrected chi connectivity index (χ2v) is 3.94. The van der Waals surface area contributed by atoms with Crippen molar-refractivity contribution in [2.45, 2.75) is 19.0 Å². The molecule has 7 heteroatoms. The number of rotatable bonds is 4. The minimum absolute atomic E-state index is 0.00613. The number of methoxy groups -OCH3 is 1. The first-order chi connectivity index (χ1) is 8.60. The molecule has 1 aliphatic heterocycles. The SMILES string of the molecule is COc1cc([N+](=O)[O-])ccc1NC1CCC(=O)N1. The number of non-ortho nitro benzene ring substituents is 1. The fourth-order valence-corrected chi connectivity index (χ4v) is 1.82. The lowest BCUT2D eigenvalue weighted by Crippen LogP contribution is -2.32. The molecule has 1 atom stereocenters. The second-order valence-electron chi connectivity index (χ2n) is 3.94. The molecule has 7 nitrogen and oxygen atoms in total. The summed E-state index contributed by atoms with van der Waals surface area (Å²) < 4.78 is 5.09. The van der Waals surface area contributed by atoms with E-state index in [1.54, 1.807) is 6.07 Å². The van der Waals surface area contributed by atoms with Crippen molar-refractivity contribution in [1.29, 1.82) is 0 Å². The Kier molecular flexibility index (Phi) is 3.31. The number of nitro groups is 1. The molecular formula is C11H13N3O4. The maximum atomic E-state index is 11.1. The highest BCUT2D eigenvalue weighted by molar-refractivity contribution is 5.79. The van der Waals surface area contributed by atoms with Gasteiger partial charge in [-0.05, 0) is 12.5 Å². The third-order valence-electron chi connectivity index (χ3n) is 2.72. The van der Waals surface area contributed by atoms with E-state index >= 15 is 0 Å². The zero-order valence-electron chi connectivity index (χ0n) is 9.80. The quantitative estimate of drug-likeness (QED) is 0.620. The lowest BCUT2D eigenvalue weighted by molar-refractivity contribution is -0.384. The van der Waals surface area contributed by atoms with Crippen LogP contribution in [-0.4, -0.2) is 24.1 Å². The molecule has 1 aromatic rings. The number of nitrogens with zero attached hydrogens (tertiary/aromatic N) is 1. The fraction of sp³-hybridized carbons (Fsp3) is 0.364. The molecule has 1 fully saturated rings. The first-order valence-electron chi connectivity index (χ1n) is 5.48. The Morgan fingerprint density at radius 2 is 2.33 bits per heavy atom. The van der Waals surface area contributed by atoms with Crippen LogP contribution in [0.5, 0.6) is 5.75 Å². The van der Waals surface area contributed by atoms with Crippen LogP contribution in [0.2, 0.25) is 0 Å². The van der Waals surface area contributed by atoms with Crippen molar-refractivity contribution in [2.75, 3.05) is 12.4 Å². The van der Waals surface area contributed by atoms with Gasteiger partial charge >= 0.3 is 0 Å². The van der Waals surface area contributed by atoms with Crippen LogP contribution in [0.1, 0.15) is 12.8 Å². The van der Waals surface area contributed by atoms with Crippen molar-refractivity contribution in [2.24, 2.45) is 0 Å². The van der Waals surface area contributed by atoms with E-state index < -0.39 is 4.92 Å². The summed E-state index contributed by atoms with van der Waals surface area (Å²) in [7, 11) is 1.44. The Morgan fingerprint density at radius 3 is 2.89 bits per heavy atom. The highest BCUT2D eigenvalue weighted by Crippen LogP contribution is 2.30. The molecule has 0 saturated carbocycles. The van der Waals surface area contributed by atoms with E-state index in [2.05, 4.69) is 10.6 Å². The highest BCUT2D eigenvalue weighted by Gasteiger charge is 2.22. The molecule has 1 unspecified atom stereocenters. The van der Waals surface area contributed by atoms with Gasteiger partial charge < -0.3 is 15.4 Å². The summed E-state index contributed by atoms with van der Waals surface area (Å²) in [5, 5.41) is 16.5. The number of hydrogen-bond donors (Lipinski definition) is 2. The van der Waals surface area contributed by atoms with Gasteiger partial charge in [-0.15, -0.1) is 0 Å². The first-order valence-corrected chi connectivity index (χ1v) is 5.48. The van der Waals surface area contributed by atoms with Gasteiger partial charge in [-0.1, -0.05) is 0 Å². The average Bonchev–Trinajstić information content (AvgIpc) is 2.75. The van der Waals surface area contributed by atoms with Gasteiger partial charge in [0.15, 0.2) is 0 Å². The Bertz CT molecular complexity index is 489. The van der Waals surface area contributed by atoms with Gasteiger partial charge in [0.1, 0.15) is 5.75 Å². The molecule has 96 valence electrons. The number of benzene rings is 1. The van der Waals surface area contributed by atoms with Gasteiger partial charge in [-0.25, -0.2) is 0 Å². The lowest BCUT2D eigenvalue weighted by atomic mass is 10.2. The van der Waals surface area contributed by atoms with E-state index in [9.17, 15) is 14.9 Å². The molecule has 2 rings (SSSR count). The maximum Gasteiger partial charge on any atom is 0.273 e. The zero-order valence-corrected chi connectivity index (χ0v) is 9.80. The fourth-order valence-electron chi connectivity index (χ4n) is 1.82. The van der Waals surface area contributed by atoms with Crippen molar-refractivity contribution in [3.8, 4) is 5.75 Å². The standard InChI is InChI=1S/C11H13N3O4/c1-18-9-6-7(14(16)17)2-3-8(9)12-10-4-5-11(15)13-10/h2-3,6,10,12H,4-5H2,1H3,(H,13,15). The molecule has 2 N–H and O–H groups in total. The van der Waals surface area contributed by atoms with Gasteiger partial charge in [0.25, 0.3) is 5.69 Å². The molecule has 0 aromatic heterocycles. The van der Waals surface area contributed by atoms with Crippen molar-refractivity contribution in [3.63, 3.8) is 0 Å². The molecule has 18 heavy (non-hydrogen) atoms. The Balaban J connectivity index is 2.17. The minimum atomic E-state index is -0.482. The number of amides is 1. The number of carbonyl (C=O) groups is 1. The smallest absolute Gasteiger partial charge is 0.273 e. The zero-order chi connectivity index (χ0) is 13.1. The van der Waals surface area contributed by atoms with Crippen LogP contribution in [0.4, 0.5) is 11.4 Å². The van der Waals surface area contributed by atoms with Gasteiger partial charge in [0.2, 0.25) is 5.91 Å². The van der Waals surface area contributed by atoms with Crippen LogP contribution >= 0.6 is 0 Å². The maximum absolute atomic E-state index is 11.1. The number of nitro benzene ring substituents is 1. The summed E-state index contributed by atoms with van der Waals surface area (Å²) in [6.07, 6.45) is 0.999. The van der Waals surface area contributed by atoms with Crippen LogP contribution in [0, 0.1) is 10.1 Å². The Morgan fingerprint density at radius 1 is 1.56 bits per heavy atom. The molecular weight excluding hydrogens is 238 g/mol. The molecule has 0 bridgehead atoms. The van der Waals surface area contributed by atoms with E-state index in [1.165, 1.54) is 19.2 Å². The van der Waals surface area contributed by atoms with E-state index in [0.717, 1.165) is 0 Å².